The molecule has 1 aromatic heterocycles. The summed E-state index contributed by atoms with van der Waals surface area (Å²) in [6.07, 6.45) is 6.89. The molecule has 1 amide bonds. The van der Waals surface area contributed by atoms with E-state index < -0.39 is 6.09 Å². The van der Waals surface area contributed by atoms with Crippen LogP contribution in [-0.4, -0.2) is 54.4 Å². The number of aliphatic imine (C=N–C) groups is 1. The number of hydrogen-bond donors (Lipinski definition) is 0. The van der Waals surface area contributed by atoms with Crippen LogP contribution < -0.4 is 4.74 Å². The number of nitrogens with zero attached hydrogens (tertiary/aromatic N) is 4. The molecule has 1 aliphatic rings. The Morgan fingerprint density at radius 3 is 2.89 bits per heavy atom. The highest BCUT2D eigenvalue weighted by Crippen LogP contribution is 2.26. The van der Waals surface area contributed by atoms with Crippen molar-refractivity contribution in [1.29, 1.82) is 0 Å². The van der Waals surface area contributed by atoms with Crippen molar-refractivity contribution < 1.29 is 9.53 Å². The molecule has 0 radical (unpaired) electrons. The molecule has 1 aromatic rings. The average Bonchev–Trinajstić information content (AvgIpc) is 2.90. The molecule has 1 saturated heterocycles. The number of pyridine rings is 1. The first-order valence-electron chi connectivity index (χ1n) is 6.28. The van der Waals surface area contributed by atoms with Crippen molar-refractivity contribution in [3.63, 3.8) is 0 Å². The highest BCUT2D eigenvalue weighted by Gasteiger charge is 2.11. The number of amides is 1. The van der Waals surface area contributed by atoms with Crippen molar-refractivity contribution in [2.45, 2.75) is 12.8 Å². The van der Waals surface area contributed by atoms with Crippen molar-refractivity contribution >= 4 is 18.1 Å². The second-order valence-electron chi connectivity index (χ2n) is 4.59. The Labute approximate surface area is 112 Å². The highest BCUT2D eigenvalue weighted by molar-refractivity contribution is 5.73. The Balaban J connectivity index is 2.09. The Bertz CT molecular complexity index is 467. The molecule has 102 valence electrons. The van der Waals surface area contributed by atoms with Gasteiger partial charge in [-0.05, 0) is 18.9 Å². The molecular weight excluding hydrogens is 244 g/mol. The Morgan fingerprint density at radius 2 is 2.21 bits per heavy atom. The standard InChI is InChI=1S/C13H18N4O2/c1-16(2)13(18)19-12-9-14-6-5-11(12)15-10-17-7-3-4-8-17/h5-6,9-10H,3-4,7-8H2,1-2H3. The quantitative estimate of drug-likeness (QED) is 0.616. The molecule has 1 aliphatic heterocycles. The summed E-state index contributed by atoms with van der Waals surface area (Å²) < 4.78 is 5.21. The maximum atomic E-state index is 11.5. The van der Waals surface area contributed by atoms with Crippen LogP contribution in [0.4, 0.5) is 10.5 Å². The van der Waals surface area contributed by atoms with Gasteiger partial charge in [-0.3, -0.25) is 4.98 Å². The third-order valence-electron chi connectivity index (χ3n) is 2.83. The van der Waals surface area contributed by atoms with Crippen molar-refractivity contribution in [1.82, 2.24) is 14.8 Å². The number of carbonyl (C=O) groups excluding carboxylic acids is 1. The van der Waals surface area contributed by atoms with Gasteiger partial charge >= 0.3 is 6.09 Å². The summed E-state index contributed by atoms with van der Waals surface area (Å²) in [7, 11) is 3.26. The monoisotopic (exact) mass is 262 g/mol. The highest BCUT2D eigenvalue weighted by atomic mass is 16.6. The van der Waals surface area contributed by atoms with Crippen LogP contribution in [0.1, 0.15) is 12.8 Å². The third kappa shape index (κ3) is 3.67. The number of hydrogen-bond acceptors (Lipinski definition) is 4. The lowest BCUT2D eigenvalue weighted by Crippen LogP contribution is -2.25. The van der Waals surface area contributed by atoms with Crippen LogP contribution >= 0.6 is 0 Å². The maximum absolute atomic E-state index is 11.5. The van der Waals surface area contributed by atoms with E-state index in [2.05, 4.69) is 14.9 Å². The fourth-order valence-electron chi connectivity index (χ4n) is 1.74. The van der Waals surface area contributed by atoms with Crippen molar-refractivity contribution in [2.24, 2.45) is 4.99 Å². The zero-order valence-electron chi connectivity index (χ0n) is 11.2. The fraction of sp³-hybridized carbons (Fsp3) is 0.462. The van der Waals surface area contributed by atoms with Crippen LogP contribution in [0.15, 0.2) is 23.5 Å². The SMILES string of the molecule is CN(C)C(=O)Oc1cnccc1N=CN1CCCC1. The summed E-state index contributed by atoms with van der Waals surface area (Å²) in [5.74, 6) is 0.372. The van der Waals surface area contributed by atoms with Crippen LogP contribution in [0.2, 0.25) is 0 Å². The molecule has 0 aliphatic carbocycles. The van der Waals surface area contributed by atoms with E-state index in [0.29, 0.717) is 11.4 Å². The van der Waals surface area contributed by atoms with Crippen molar-refractivity contribution in [3.8, 4) is 5.75 Å². The van der Waals surface area contributed by atoms with E-state index >= 15 is 0 Å². The van der Waals surface area contributed by atoms with Gasteiger partial charge in [-0.15, -0.1) is 0 Å². The van der Waals surface area contributed by atoms with Crippen molar-refractivity contribution in [3.05, 3.63) is 18.5 Å². The van der Waals surface area contributed by atoms with Gasteiger partial charge in [0.15, 0.2) is 5.75 Å². The zero-order chi connectivity index (χ0) is 13.7. The van der Waals surface area contributed by atoms with Gasteiger partial charge in [0.05, 0.1) is 12.5 Å². The zero-order valence-corrected chi connectivity index (χ0v) is 11.2. The van der Waals surface area contributed by atoms with E-state index in [1.54, 1.807) is 32.7 Å². The van der Waals surface area contributed by atoms with Crippen molar-refractivity contribution in [2.75, 3.05) is 27.2 Å². The van der Waals surface area contributed by atoms with Gasteiger partial charge in [0.25, 0.3) is 0 Å². The van der Waals surface area contributed by atoms with Gasteiger partial charge in [-0.25, -0.2) is 9.79 Å². The Morgan fingerprint density at radius 1 is 1.47 bits per heavy atom. The summed E-state index contributed by atoms with van der Waals surface area (Å²) in [4.78, 5) is 23.4. The molecule has 0 unspecified atom stereocenters. The average molecular weight is 262 g/mol. The minimum Gasteiger partial charge on any atom is -0.406 e. The minimum absolute atomic E-state index is 0.372. The van der Waals surface area contributed by atoms with Crippen LogP contribution in [0.5, 0.6) is 5.75 Å². The predicted molar refractivity (Wildman–Crippen MR) is 72.9 cm³/mol. The van der Waals surface area contributed by atoms with Crippen LogP contribution in [0.25, 0.3) is 0 Å². The van der Waals surface area contributed by atoms with E-state index in [1.807, 2.05) is 0 Å². The lowest BCUT2D eigenvalue weighted by molar-refractivity contribution is 0.172. The lowest BCUT2D eigenvalue weighted by atomic mass is 10.4. The van der Waals surface area contributed by atoms with E-state index in [9.17, 15) is 4.79 Å². The molecule has 0 aromatic carbocycles. The molecule has 1 fully saturated rings. The largest absolute Gasteiger partial charge is 0.414 e. The Kier molecular flexibility index (Phi) is 4.33. The summed E-state index contributed by atoms with van der Waals surface area (Å²) in [6, 6.07) is 1.73. The number of carbonyl (C=O) groups is 1. The van der Waals surface area contributed by atoms with Gasteiger partial charge in [0.1, 0.15) is 5.69 Å². The number of rotatable bonds is 3. The molecule has 0 spiro atoms. The lowest BCUT2D eigenvalue weighted by Gasteiger charge is -2.12. The normalized spacial score (nSPS) is 14.9. The summed E-state index contributed by atoms with van der Waals surface area (Å²) in [5.41, 5.74) is 0.608. The molecule has 0 N–H and O–H groups in total. The van der Waals surface area contributed by atoms with E-state index in [-0.39, 0.29) is 0 Å². The van der Waals surface area contributed by atoms with E-state index in [4.69, 9.17) is 4.74 Å². The molecule has 0 saturated carbocycles. The molecule has 2 heterocycles. The van der Waals surface area contributed by atoms with E-state index in [1.165, 1.54) is 23.9 Å². The Hall–Kier alpha value is -2.11. The van der Waals surface area contributed by atoms with Crippen LogP contribution in [-0.2, 0) is 0 Å². The summed E-state index contributed by atoms with van der Waals surface area (Å²) >= 11 is 0. The number of likely N-dealkylation sites (tertiary alicyclic amines) is 1. The minimum atomic E-state index is -0.439. The van der Waals surface area contributed by atoms with Gasteiger partial charge in [0.2, 0.25) is 0 Å². The number of ether oxygens (including phenoxy) is 1. The molecule has 2 rings (SSSR count). The van der Waals surface area contributed by atoms with Gasteiger partial charge in [-0.1, -0.05) is 0 Å². The first-order chi connectivity index (χ1) is 9.16. The third-order valence-corrected chi connectivity index (χ3v) is 2.83. The summed E-state index contributed by atoms with van der Waals surface area (Å²) in [6.45, 7) is 2.06. The topological polar surface area (TPSA) is 58.0 Å². The summed E-state index contributed by atoms with van der Waals surface area (Å²) in [5, 5.41) is 0. The molecular formula is C13H18N4O2. The molecule has 0 atom stereocenters. The number of aromatic nitrogens is 1. The fourth-order valence-corrected chi connectivity index (χ4v) is 1.74. The maximum Gasteiger partial charge on any atom is 0.414 e. The first kappa shape index (κ1) is 13.3. The second kappa shape index (κ2) is 6.17. The van der Waals surface area contributed by atoms with Gasteiger partial charge in [0, 0.05) is 33.4 Å². The molecule has 0 bridgehead atoms. The van der Waals surface area contributed by atoms with Gasteiger partial charge < -0.3 is 14.5 Å². The van der Waals surface area contributed by atoms with E-state index in [0.717, 1.165) is 13.1 Å². The first-order valence-corrected chi connectivity index (χ1v) is 6.28. The molecule has 6 heteroatoms. The molecule has 19 heavy (non-hydrogen) atoms. The van der Waals surface area contributed by atoms with Gasteiger partial charge in [-0.2, -0.15) is 0 Å². The van der Waals surface area contributed by atoms with Crippen LogP contribution in [0.3, 0.4) is 0 Å². The predicted octanol–water partition coefficient (Wildman–Crippen LogP) is 1.90. The molecule has 6 nitrogen and oxygen atoms in total. The second-order valence-corrected chi connectivity index (χ2v) is 4.59. The smallest absolute Gasteiger partial charge is 0.406 e. The van der Waals surface area contributed by atoms with Crippen LogP contribution in [0, 0.1) is 0 Å².